The van der Waals surface area contributed by atoms with E-state index in [-0.39, 0.29) is 34.6 Å². The lowest BCUT2D eigenvalue weighted by Gasteiger charge is -2.22. The summed E-state index contributed by atoms with van der Waals surface area (Å²) in [4.78, 5) is 17.1. The molecule has 9 heteroatoms. The summed E-state index contributed by atoms with van der Waals surface area (Å²) in [6.45, 7) is 3.62. The minimum atomic E-state index is -0.768. The topological polar surface area (TPSA) is 85.0 Å². The highest BCUT2D eigenvalue weighted by Gasteiger charge is 2.24. The zero-order valence-corrected chi connectivity index (χ0v) is 18.5. The summed E-state index contributed by atoms with van der Waals surface area (Å²) < 4.78 is 35.6. The van der Waals surface area contributed by atoms with Crippen LogP contribution in [-0.4, -0.2) is 33.9 Å². The Morgan fingerprint density at radius 1 is 1.09 bits per heavy atom. The van der Waals surface area contributed by atoms with Gasteiger partial charge in [0, 0.05) is 23.7 Å². The lowest BCUT2D eigenvalue weighted by Crippen LogP contribution is -2.35. The van der Waals surface area contributed by atoms with E-state index in [4.69, 9.17) is 4.42 Å². The maximum absolute atomic E-state index is 14.7. The molecule has 1 aliphatic heterocycles. The number of hydrogen-bond donors (Lipinski definition) is 2. The van der Waals surface area contributed by atoms with Crippen molar-refractivity contribution in [3.8, 4) is 28.4 Å². The van der Waals surface area contributed by atoms with Crippen molar-refractivity contribution in [2.24, 2.45) is 0 Å². The normalized spacial score (nSPS) is 14.3. The number of hydrogen-bond acceptors (Lipinski definition) is 6. The van der Waals surface area contributed by atoms with Crippen LogP contribution in [0.5, 0.6) is 0 Å². The van der Waals surface area contributed by atoms with Gasteiger partial charge in [0.2, 0.25) is 0 Å². The third kappa shape index (κ3) is 4.34. The van der Waals surface area contributed by atoms with E-state index in [2.05, 4.69) is 20.7 Å². The lowest BCUT2D eigenvalue weighted by molar-refractivity contribution is 0.464. The van der Waals surface area contributed by atoms with Gasteiger partial charge in [-0.05, 0) is 62.7 Å². The van der Waals surface area contributed by atoms with Gasteiger partial charge in [0.25, 0.3) is 11.6 Å². The van der Waals surface area contributed by atoms with Crippen LogP contribution in [0.1, 0.15) is 18.4 Å². The first-order chi connectivity index (χ1) is 16.5. The van der Waals surface area contributed by atoms with Gasteiger partial charge in [0.1, 0.15) is 23.0 Å². The van der Waals surface area contributed by atoms with Gasteiger partial charge in [-0.15, -0.1) is 0 Å². The predicted octanol–water partition coefficient (Wildman–Crippen LogP) is 4.31. The standard InChI is InChI=1S/C25H23F2N5O2/c1-15-4-2-3-5-21(15)32-22(33)9-8-20(31-32)24-23(18-7-6-16(26)14-19(18)27)30-25(34-24)29-17-10-12-28-13-11-17/h2-9,14,17,28H,10-13H2,1H3,(H,29,30). The summed E-state index contributed by atoms with van der Waals surface area (Å²) in [6.07, 6.45) is 1.77. The molecule has 3 heterocycles. The van der Waals surface area contributed by atoms with Gasteiger partial charge in [-0.25, -0.2) is 8.78 Å². The van der Waals surface area contributed by atoms with Crippen molar-refractivity contribution < 1.29 is 13.2 Å². The van der Waals surface area contributed by atoms with E-state index >= 15 is 0 Å². The number of aromatic nitrogens is 3. The minimum absolute atomic E-state index is 0.0777. The third-order valence-electron chi connectivity index (χ3n) is 5.86. The van der Waals surface area contributed by atoms with Crippen molar-refractivity contribution >= 4 is 6.01 Å². The highest BCUT2D eigenvalue weighted by Crippen LogP contribution is 2.35. The summed E-state index contributed by atoms with van der Waals surface area (Å²) in [5.74, 6) is -1.27. The molecule has 0 atom stereocenters. The van der Waals surface area contributed by atoms with E-state index in [9.17, 15) is 13.6 Å². The number of anilines is 1. The Morgan fingerprint density at radius 2 is 1.88 bits per heavy atom. The number of benzene rings is 2. The molecule has 1 aliphatic rings. The highest BCUT2D eigenvalue weighted by atomic mass is 19.1. The van der Waals surface area contributed by atoms with Gasteiger partial charge in [0.05, 0.1) is 5.69 Å². The Hall–Kier alpha value is -3.85. The summed E-state index contributed by atoms with van der Waals surface area (Å²) in [6, 6.07) is 13.9. The largest absolute Gasteiger partial charge is 0.421 e. The van der Waals surface area contributed by atoms with Crippen molar-refractivity contribution in [3.05, 3.63) is 82.1 Å². The molecule has 0 aliphatic carbocycles. The Labute approximate surface area is 194 Å². The van der Waals surface area contributed by atoms with Crippen LogP contribution in [0, 0.1) is 18.6 Å². The number of halogens is 2. The van der Waals surface area contributed by atoms with Crippen molar-refractivity contribution in [1.29, 1.82) is 0 Å². The molecule has 2 aromatic carbocycles. The van der Waals surface area contributed by atoms with Crippen molar-refractivity contribution in [2.75, 3.05) is 18.4 Å². The van der Waals surface area contributed by atoms with E-state index < -0.39 is 11.6 Å². The molecule has 34 heavy (non-hydrogen) atoms. The molecule has 0 radical (unpaired) electrons. The van der Waals surface area contributed by atoms with E-state index in [1.165, 1.54) is 28.9 Å². The molecule has 0 bridgehead atoms. The molecular weight excluding hydrogens is 440 g/mol. The molecule has 0 amide bonds. The molecule has 1 saturated heterocycles. The molecule has 0 unspecified atom stereocenters. The number of aryl methyl sites for hydroxylation is 1. The second-order valence-electron chi connectivity index (χ2n) is 8.24. The number of para-hydroxylation sites is 1. The Bertz CT molecular complexity index is 1390. The molecular formula is C25H23F2N5O2. The summed E-state index contributed by atoms with van der Waals surface area (Å²) >= 11 is 0. The molecule has 5 rings (SSSR count). The number of piperidine rings is 1. The Morgan fingerprint density at radius 3 is 2.65 bits per heavy atom. The molecule has 4 aromatic rings. The molecule has 1 fully saturated rings. The van der Waals surface area contributed by atoms with E-state index in [0.29, 0.717) is 11.4 Å². The zero-order chi connectivity index (χ0) is 23.7. The third-order valence-corrected chi connectivity index (χ3v) is 5.86. The molecule has 0 saturated carbocycles. The van der Waals surface area contributed by atoms with E-state index in [1.807, 2.05) is 25.1 Å². The van der Waals surface area contributed by atoms with Gasteiger partial charge in [0.15, 0.2) is 5.76 Å². The van der Waals surface area contributed by atoms with Crippen LogP contribution in [0.4, 0.5) is 14.8 Å². The quantitative estimate of drug-likeness (QED) is 0.459. The van der Waals surface area contributed by atoms with Crippen LogP contribution in [0.3, 0.4) is 0 Å². The number of nitrogens with zero attached hydrogens (tertiary/aromatic N) is 3. The average Bonchev–Trinajstić information content (AvgIpc) is 3.24. The molecule has 2 N–H and O–H groups in total. The first-order valence-electron chi connectivity index (χ1n) is 11.1. The van der Waals surface area contributed by atoms with Crippen molar-refractivity contribution in [2.45, 2.75) is 25.8 Å². The van der Waals surface area contributed by atoms with Crippen molar-refractivity contribution in [3.63, 3.8) is 0 Å². The van der Waals surface area contributed by atoms with Crippen molar-refractivity contribution in [1.82, 2.24) is 20.1 Å². The lowest BCUT2D eigenvalue weighted by atomic mass is 10.1. The molecule has 0 spiro atoms. The van der Waals surface area contributed by atoms with E-state index in [0.717, 1.165) is 37.6 Å². The number of oxazole rings is 1. The first kappa shape index (κ1) is 22.0. The maximum atomic E-state index is 14.7. The van der Waals surface area contributed by atoms with E-state index in [1.54, 1.807) is 6.07 Å². The number of nitrogens with one attached hydrogen (secondary N) is 2. The highest BCUT2D eigenvalue weighted by molar-refractivity contribution is 5.76. The number of rotatable bonds is 5. The summed E-state index contributed by atoms with van der Waals surface area (Å²) in [7, 11) is 0. The monoisotopic (exact) mass is 463 g/mol. The summed E-state index contributed by atoms with van der Waals surface area (Å²) in [5.41, 5.74) is 1.72. The average molecular weight is 463 g/mol. The van der Waals surface area contributed by atoms with Gasteiger partial charge in [-0.3, -0.25) is 4.79 Å². The Balaban J connectivity index is 1.63. The smallest absolute Gasteiger partial charge is 0.296 e. The van der Waals surface area contributed by atoms with Crippen LogP contribution in [-0.2, 0) is 0 Å². The molecule has 7 nitrogen and oxygen atoms in total. The Kier molecular flexibility index (Phi) is 5.93. The van der Waals surface area contributed by atoms with Crippen LogP contribution in [0.25, 0.3) is 28.4 Å². The first-order valence-corrected chi connectivity index (χ1v) is 11.1. The molecule has 2 aromatic heterocycles. The predicted molar refractivity (Wildman–Crippen MR) is 125 cm³/mol. The fourth-order valence-corrected chi connectivity index (χ4v) is 4.07. The zero-order valence-electron chi connectivity index (χ0n) is 18.5. The fraction of sp³-hybridized carbons (Fsp3) is 0.240. The van der Waals surface area contributed by atoms with Crippen LogP contribution >= 0.6 is 0 Å². The van der Waals surface area contributed by atoms with Gasteiger partial charge in [-0.2, -0.15) is 14.8 Å². The molecule has 174 valence electrons. The van der Waals surface area contributed by atoms with Crippen LogP contribution in [0.2, 0.25) is 0 Å². The van der Waals surface area contributed by atoms with Crippen LogP contribution in [0.15, 0.2) is 63.8 Å². The fourth-order valence-electron chi connectivity index (χ4n) is 4.07. The van der Waals surface area contributed by atoms with Gasteiger partial charge in [-0.1, -0.05) is 18.2 Å². The van der Waals surface area contributed by atoms with Crippen LogP contribution < -0.4 is 16.2 Å². The summed E-state index contributed by atoms with van der Waals surface area (Å²) in [5, 5.41) is 11.1. The second-order valence-corrected chi connectivity index (χ2v) is 8.24. The van der Waals surface area contributed by atoms with Gasteiger partial charge < -0.3 is 15.1 Å². The maximum Gasteiger partial charge on any atom is 0.296 e. The van der Waals surface area contributed by atoms with Gasteiger partial charge >= 0.3 is 0 Å². The minimum Gasteiger partial charge on any atom is -0.421 e. The SMILES string of the molecule is Cc1ccccc1-n1nc(-c2oc(NC3CCNCC3)nc2-c2ccc(F)cc2F)ccc1=O. The second kappa shape index (κ2) is 9.18.